The van der Waals surface area contributed by atoms with Crippen LogP contribution in [0.3, 0.4) is 0 Å². The van der Waals surface area contributed by atoms with Gasteiger partial charge in [-0.1, -0.05) is 0 Å². The van der Waals surface area contributed by atoms with E-state index in [1.807, 2.05) is 12.1 Å². The van der Waals surface area contributed by atoms with Gasteiger partial charge in [-0.25, -0.2) is 13.1 Å². The molecule has 1 amide bonds. The minimum atomic E-state index is -3.62. The minimum Gasteiger partial charge on any atom is -0.371 e. The lowest BCUT2D eigenvalue weighted by Crippen LogP contribution is -2.44. The maximum Gasteiger partial charge on any atom is 0.240 e. The summed E-state index contributed by atoms with van der Waals surface area (Å²) in [6.45, 7) is 3.61. The van der Waals surface area contributed by atoms with Gasteiger partial charge in [0, 0.05) is 44.0 Å². The van der Waals surface area contributed by atoms with Crippen molar-refractivity contribution in [3.63, 3.8) is 0 Å². The fourth-order valence-corrected chi connectivity index (χ4v) is 5.52. The zero-order valence-corrected chi connectivity index (χ0v) is 17.7. The van der Waals surface area contributed by atoms with E-state index in [1.54, 1.807) is 35.2 Å². The lowest BCUT2D eigenvalue weighted by atomic mass is 10.1. The SMILES string of the molecule is CC(=O)N1CCc2cc(S(=O)(=O)NC3CCN(c4ccc(C#N)cc4)CC3)ccc21. The normalized spacial score (nSPS) is 16.9. The Kier molecular flexibility index (Phi) is 5.50. The molecule has 0 bridgehead atoms. The number of fused-ring (bicyclic) bond motifs is 1. The largest absolute Gasteiger partial charge is 0.371 e. The smallest absolute Gasteiger partial charge is 0.240 e. The summed E-state index contributed by atoms with van der Waals surface area (Å²) in [5.74, 6) is -0.0310. The summed E-state index contributed by atoms with van der Waals surface area (Å²) in [7, 11) is -3.62. The van der Waals surface area contributed by atoms with Gasteiger partial charge in [-0.3, -0.25) is 4.79 Å². The van der Waals surface area contributed by atoms with Crippen LogP contribution in [-0.2, 0) is 21.2 Å². The van der Waals surface area contributed by atoms with E-state index in [0.717, 1.165) is 30.0 Å². The Labute approximate surface area is 177 Å². The molecule has 8 heteroatoms. The van der Waals surface area contributed by atoms with E-state index in [2.05, 4.69) is 15.7 Å². The van der Waals surface area contributed by atoms with E-state index < -0.39 is 10.0 Å². The van der Waals surface area contributed by atoms with Crippen molar-refractivity contribution in [2.24, 2.45) is 0 Å². The second-order valence-corrected chi connectivity index (χ2v) is 9.47. The Morgan fingerprint density at radius 1 is 1.10 bits per heavy atom. The van der Waals surface area contributed by atoms with E-state index in [4.69, 9.17) is 5.26 Å². The molecule has 4 rings (SSSR count). The molecule has 2 aromatic carbocycles. The average molecular weight is 425 g/mol. The van der Waals surface area contributed by atoms with Crippen molar-refractivity contribution in [3.8, 4) is 6.07 Å². The van der Waals surface area contributed by atoms with Crippen LogP contribution in [0.15, 0.2) is 47.4 Å². The third-order valence-electron chi connectivity index (χ3n) is 5.82. The number of hydrogen-bond acceptors (Lipinski definition) is 5. The molecule has 1 N–H and O–H groups in total. The molecule has 0 unspecified atom stereocenters. The summed E-state index contributed by atoms with van der Waals surface area (Å²) >= 11 is 0. The fraction of sp³-hybridized carbons (Fsp3) is 0.364. The number of carbonyl (C=O) groups excluding carboxylic acids is 1. The Morgan fingerprint density at radius 3 is 2.43 bits per heavy atom. The quantitative estimate of drug-likeness (QED) is 0.814. The zero-order valence-electron chi connectivity index (χ0n) is 16.8. The Morgan fingerprint density at radius 2 is 1.80 bits per heavy atom. The lowest BCUT2D eigenvalue weighted by Gasteiger charge is -2.33. The van der Waals surface area contributed by atoms with Crippen LogP contribution in [0.2, 0.25) is 0 Å². The van der Waals surface area contributed by atoms with E-state index in [-0.39, 0.29) is 16.8 Å². The van der Waals surface area contributed by atoms with E-state index in [1.165, 1.54) is 6.92 Å². The predicted octanol–water partition coefficient (Wildman–Crippen LogP) is 2.41. The van der Waals surface area contributed by atoms with Gasteiger partial charge in [0.1, 0.15) is 0 Å². The molecular weight excluding hydrogens is 400 g/mol. The number of nitrogens with one attached hydrogen (secondary N) is 1. The molecule has 156 valence electrons. The maximum atomic E-state index is 12.9. The summed E-state index contributed by atoms with van der Waals surface area (Å²) in [6, 6.07) is 14.4. The zero-order chi connectivity index (χ0) is 21.3. The third-order valence-corrected chi connectivity index (χ3v) is 7.33. The van der Waals surface area contributed by atoms with Crippen LogP contribution in [-0.4, -0.2) is 40.0 Å². The highest BCUT2D eigenvalue weighted by atomic mass is 32.2. The molecule has 1 fully saturated rings. The highest BCUT2D eigenvalue weighted by Gasteiger charge is 2.28. The molecule has 2 aromatic rings. The van der Waals surface area contributed by atoms with Gasteiger partial charge in [0.15, 0.2) is 0 Å². The topological polar surface area (TPSA) is 93.5 Å². The Hall–Kier alpha value is -2.89. The van der Waals surface area contributed by atoms with Gasteiger partial charge in [0.2, 0.25) is 15.9 Å². The maximum absolute atomic E-state index is 12.9. The van der Waals surface area contributed by atoms with Gasteiger partial charge in [-0.15, -0.1) is 0 Å². The molecular formula is C22H24N4O3S. The van der Waals surface area contributed by atoms with Crippen molar-refractivity contribution < 1.29 is 13.2 Å². The first kappa shape index (κ1) is 20.4. The molecule has 7 nitrogen and oxygen atoms in total. The van der Waals surface area contributed by atoms with Crippen LogP contribution in [0.1, 0.15) is 30.9 Å². The molecule has 2 aliphatic rings. The van der Waals surface area contributed by atoms with Gasteiger partial charge in [-0.05, 0) is 67.3 Å². The van der Waals surface area contributed by atoms with Crippen LogP contribution in [0.25, 0.3) is 0 Å². The number of carbonyl (C=O) groups is 1. The van der Waals surface area contributed by atoms with E-state index >= 15 is 0 Å². The van der Waals surface area contributed by atoms with Crippen molar-refractivity contribution >= 4 is 27.3 Å². The van der Waals surface area contributed by atoms with Gasteiger partial charge < -0.3 is 9.80 Å². The summed E-state index contributed by atoms with van der Waals surface area (Å²) in [5.41, 5.74) is 3.37. The first-order chi connectivity index (χ1) is 14.4. The van der Waals surface area contributed by atoms with Crippen LogP contribution in [0, 0.1) is 11.3 Å². The average Bonchev–Trinajstić information content (AvgIpc) is 3.18. The predicted molar refractivity (Wildman–Crippen MR) is 115 cm³/mol. The lowest BCUT2D eigenvalue weighted by molar-refractivity contribution is -0.116. The molecule has 0 aliphatic carbocycles. The summed E-state index contributed by atoms with van der Waals surface area (Å²) in [6.07, 6.45) is 2.09. The first-order valence-corrected chi connectivity index (χ1v) is 11.5. The highest BCUT2D eigenvalue weighted by molar-refractivity contribution is 7.89. The van der Waals surface area contributed by atoms with Crippen molar-refractivity contribution in [1.29, 1.82) is 5.26 Å². The standard InChI is InChI=1S/C22H24N4O3S/c1-16(27)26-13-8-18-14-21(6-7-22(18)26)30(28,29)24-19-9-11-25(12-10-19)20-4-2-17(15-23)3-5-20/h2-7,14,19,24H,8-13H2,1H3. The molecule has 0 radical (unpaired) electrons. The molecule has 0 atom stereocenters. The molecule has 2 aliphatic heterocycles. The number of sulfonamides is 1. The number of hydrogen-bond donors (Lipinski definition) is 1. The highest BCUT2D eigenvalue weighted by Crippen LogP contribution is 2.30. The van der Waals surface area contributed by atoms with Gasteiger partial charge in [0.25, 0.3) is 0 Å². The molecule has 30 heavy (non-hydrogen) atoms. The van der Waals surface area contributed by atoms with Crippen molar-refractivity contribution in [2.75, 3.05) is 29.4 Å². The van der Waals surface area contributed by atoms with Gasteiger partial charge in [-0.2, -0.15) is 5.26 Å². The summed E-state index contributed by atoms with van der Waals surface area (Å²) < 4.78 is 28.7. The first-order valence-electron chi connectivity index (χ1n) is 10.1. The van der Waals surface area contributed by atoms with Crippen molar-refractivity contribution in [1.82, 2.24) is 4.72 Å². The molecule has 2 heterocycles. The van der Waals surface area contributed by atoms with Crippen LogP contribution >= 0.6 is 0 Å². The van der Waals surface area contributed by atoms with Gasteiger partial charge >= 0.3 is 0 Å². The van der Waals surface area contributed by atoms with Crippen LogP contribution in [0.5, 0.6) is 0 Å². The monoisotopic (exact) mass is 424 g/mol. The number of nitriles is 1. The third kappa shape index (κ3) is 4.04. The second kappa shape index (κ2) is 8.09. The van der Waals surface area contributed by atoms with Crippen LogP contribution in [0.4, 0.5) is 11.4 Å². The molecule has 0 spiro atoms. The Bertz CT molecular complexity index is 1100. The second-order valence-electron chi connectivity index (χ2n) is 7.75. The van der Waals surface area contributed by atoms with E-state index in [9.17, 15) is 13.2 Å². The number of benzene rings is 2. The summed E-state index contributed by atoms with van der Waals surface area (Å²) in [4.78, 5) is 15.8. The number of rotatable bonds is 4. The Balaban J connectivity index is 1.40. The number of amides is 1. The molecule has 0 saturated carbocycles. The molecule has 0 aromatic heterocycles. The fourth-order valence-electron chi connectivity index (χ4n) is 4.16. The van der Waals surface area contributed by atoms with Crippen molar-refractivity contribution in [3.05, 3.63) is 53.6 Å². The van der Waals surface area contributed by atoms with Crippen LogP contribution < -0.4 is 14.5 Å². The van der Waals surface area contributed by atoms with Gasteiger partial charge in [0.05, 0.1) is 16.5 Å². The summed E-state index contributed by atoms with van der Waals surface area (Å²) in [5, 5.41) is 8.92. The number of anilines is 2. The number of piperidine rings is 1. The minimum absolute atomic E-state index is 0.0310. The van der Waals surface area contributed by atoms with Crippen molar-refractivity contribution in [2.45, 2.75) is 37.1 Å². The van der Waals surface area contributed by atoms with E-state index in [0.29, 0.717) is 31.4 Å². The number of nitrogens with zero attached hydrogens (tertiary/aromatic N) is 3. The molecule has 1 saturated heterocycles.